The monoisotopic (exact) mass is 676 g/mol. The van der Waals surface area contributed by atoms with Crippen LogP contribution in [0.25, 0.3) is 99.5 Å². The van der Waals surface area contributed by atoms with Gasteiger partial charge >= 0.3 is 0 Å². The number of aromatic nitrogens is 2. The van der Waals surface area contributed by atoms with Crippen molar-refractivity contribution >= 4 is 54.8 Å². The Labute approximate surface area is 306 Å². The van der Waals surface area contributed by atoms with Gasteiger partial charge in [-0.25, -0.2) is 0 Å². The second kappa shape index (κ2) is 11.7. The second-order valence-corrected chi connectivity index (χ2v) is 13.8. The molecule has 3 heterocycles. The Hall–Kier alpha value is -7.10. The first-order valence-electron chi connectivity index (χ1n) is 18.1. The van der Waals surface area contributed by atoms with Crippen LogP contribution in [-0.2, 0) is 0 Å². The molecular weight excluding hydrogens is 645 g/mol. The number of rotatable bonds is 5. The molecule has 11 rings (SSSR count). The summed E-state index contributed by atoms with van der Waals surface area (Å²) in [5.74, 6) is 0. The van der Waals surface area contributed by atoms with E-state index in [1.807, 2.05) is 12.1 Å². The molecule has 0 aliphatic carbocycles. The fraction of sp³-hybridized carbons (Fsp3) is 0. The first kappa shape index (κ1) is 29.6. The summed E-state index contributed by atoms with van der Waals surface area (Å²) < 4.78 is 11.1. The number of fused-ring (bicyclic) bond motifs is 8. The van der Waals surface area contributed by atoms with E-state index in [-0.39, 0.29) is 0 Å². The van der Waals surface area contributed by atoms with Crippen LogP contribution < -0.4 is 0 Å². The van der Waals surface area contributed by atoms with Crippen molar-refractivity contribution in [2.24, 2.45) is 0 Å². The average Bonchev–Trinajstić information content (AvgIpc) is 3.88. The Morgan fingerprint density at radius 3 is 1.32 bits per heavy atom. The maximum Gasteiger partial charge on any atom is 0.213 e. The zero-order valence-corrected chi connectivity index (χ0v) is 28.8. The zero-order chi connectivity index (χ0) is 34.9. The molecule has 3 heteroatoms. The van der Waals surface area contributed by atoms with Gasteiger partial charge in [0.1, 0.15) is 5.58 Å². The molecule has 0 aliphatic rings. The molecule has 0 N–H and O–H groups in total. The van der Waals surface area contributed by atoms with Crippen LogP contribution in [0, 0.1) is 0 Å². The molecule has 11 aromatic rings. The molecule has 3 aromatic heterocycles. The lowest BCUT2D eigenvalue weighted by molar-refractivity contribution is 0.645. The van der Waals surface area contributed by atoms with E-state index in [4.69, 9.17) is 4.42 Å². The van der Waals surface area contributed by atoms with Crippen LogP contribution in [0.3, 0.4) is 0 Å². The van der Waals surface area contributed by atoms with Crippen molar-refractivity contribution in [2.75, 3.05) is 0 Å². The number of furan rings is 1. The molecule has 0 fully saturated rings. The molecule has 0 spiro atoms. The highest BCUT2D eigenvalue weighted by Gasteiger charge is 2.19. The first-order valence-corrected chi connectivity index (χ1v) is 18.1. The summed E-state index contributed by atoms with van der Waals surface area (Å²) in [6.07, 6.45) is 0. The highest BCUT2D eigenvalue weighted by molar-refractivity contribution is 6.20. The Morgan fingerprint density at radius 2 is 0.736 bits per heavy atom. The summed E-state index contributed by atoms with van der Waals surface area (Å²) in [5, 5.41) is 5.99. The highest BCUT2D eigenvalue weighted by atomic mass is 16.3. The van der Waals surface area contributed by atoms with Gasteiger partial charge in [-0.3, -0.25) is 4.57 Å². The first-order chi connectivity index (χ1) is 26.3. The summed E-state index contributed by atoms with van der Waals surface area (Å²) in [7, 11) is 0. The second-order valence-electron chi connectivity index (χ2n) is 13.8. The van der Waals surface area contributed by atoms with Gasteiger partial charge in [0.25, 0.3) is 0 Å². The van der Waals surface area contributed by atoms with E-state index in [9.17, 15) is 0 Å². The summed E-state index contributed by atoms with van der Waals surface area (Å²) in [6, 6.07) is 69.7. The summed E-state index contributed by atoms with van der Waals surface area (Å²) >= 11 is 0. The lowest BCUT2D eigenvalue weighted by Gasteiger charge is -2.11. The minimum Gasteiger partial charge on any atom is -0.439 e. The fourth-order valence-corrected chi connectivity index (χ4v) is 8.22. The SMILES string of the molecule is c1ccc(-c2ccc3c(c2)c2cc(-c4ccccc4)ccc2n3-c2ccc(-c3ccc(-n4c5ccccc5c5c6ccccc6oc54)cc3)cc2)cc1. The van der Waals surface area contributed by atoms with Gasteiger partial charge in [0.05, 0.1) is 21.9 Å². The third kappa shape index (κ3) is 4.68. The number of hydrogen-bond donors (Lipinski definition) is 0. The molecule has 0 atom stereocenters. The van der Waals surface area contributed by atoms with E-state index >= 15 is 0 Å². The lowest BCUT2D eigenvalue weighted by Crippen LogP contribution is -1.94. The van der Waals surface area contributed by atoms with E-state index in [0.29, 0.717) is 0 Å². The van der Waals surface area contributed by atoms with Gasteiger partial charge < -0.3 is 8.98 Å². The van der Waals surface area contributed by atoms with E-state index in [0.717, 1.165) is 39.0 Å². The Balaban J connectivity index is 0.997. The number of nitrogens with zero attached hydrogens (tertiary/aromatic N) is 2. The number of hydrogen-bond acceptors (Lipinski definition) is 1. The topological polar surface area (TPSA) is 23.0 Å². The van der Waals surface area contributed by atoms with Gasteiger partial charge in [-0.2, -0.15) is 0 Å². The van der Waals surface area contributed by atoms with Crippen molar-refractivity contribution in [3.8, 4) is 44.8 Å². The van der Waals surface area contributed by atoms with Crippen LogP contribution in [0.4, 0.5) is 0 Å². The van der Waals surface area contributed by atoms with Gasteiger partial charge in [-0.05, 0) is 94.0 Å². The third-order valence-corrected chi connectivity index (χ3v) is 10.8. The van der Waals surface area contributed by atoms with Gasteiger partial charge in [0.2, 0.25) is 5.71 Å². The van der Waals surface area contributed by atoms with Gasteiger partial charge in [0.15, 0.2) is 0 Å². The summed E-state index contributed by atoms with van der Waals surface area (Å²) in [4.78, 5) is 0. The maximum absolute atomic E-state index is 6.47. The van der Waals surface area contributed by atoms with E-state index < -0.39 is 0 Å². The zero-order valence-electron chi connectivity index (χ0n) is 28.8. The van der Waals surface area contributed by atoms with Gasteiger partial charge in [-0.15, -0.1) is 0 Å². The van der Waals surface area contributed by atoms with Crippen LogP contribution in [0.1, 0.15) is 0 Å². The third-order valence-electron chi connectivity index (χ3n) is 10.8. The molecule has 53 heavy (non-hydrogen) atoms. The molecule has 0 unspecified atom stereocenters. The molecule has 0 amide bonds. The van der Waals surface area contributed by atoms with E-state index in [1.165, 1.54) is 60.6 Å². The summed E-state index contributed by atoms with van der Waals surface area (Å²) in [5.41, 5.74) is 14.7. The molecule has 0 saturated carbocycles. The molecule has 0 aliphatic heterocycles. The number of para-hydroxylation sites is 2. The quantitative estimate of drug-likeness (QED) is 0.178. The van der Waals surface area contributed by atoms with Crippen molar-refractivity contribution in [1.29, 1.82) is 0 Å². The fourth-order valence-electron chi connectivity index (χ4n) is 8.22. The smallest absolute Gasteiger partial charge is 0.213 e. The average molecular weight is 677 g/mol. The van der Waals surface area contributed by atoms with Crippen molar-refractivity contribution in [3.63, 3.8) is 0 Å². The molecule has 0 saturated heterocycles. The molecule has 8 aromatic carbocycles. The molecule has 248 valence electrons. The lowest BCUT2D eigenvalue weighted by atomic mass is 10.0. The van der Waals surface area contributed by atoms with Crippen LogP contribution in [0.5, 0.6) is 0 Å². The predicted molar refractivity (Wildman–Crippen MR) is 221 cm³/mol. The maximum atomic E-state index is 6.47. The van der Waals surface area contributed by atoms with E-state index in [1.54, 1.807) is 0 Å². The minimum atomic E-state index is 0.877. The van der Waals surface area contributed by atoms with Crippen molar-refractivity contribution < 1.29 is 4.42 Å². The molecule has 0 bridgehead atoms. The van der Waals surface area contributed by atoms with Gasteiger partial charge in [-0.1, -0.05) is 133 Å². The van der Waals surface area contributed by atoms with Crippen LogP contribution in [-0.4, -0.2) is 9.13 Å². The normalized spacial score (nSPS) is 11.8. The standard InChI is InChI=1S/C50H32N2O/c1-3-11-33(12-4-1)37-23-29-46-43(31-37)44-32-38(34-13-5-2-6-14-34)24-30-47(44)51(46)39-25-19-35(20-26-39)36-21-27-40(28-22-36)52-45-17-9-7-15-41(45)49-42-16-8-10-18-48(42)53-50(49)52/h1-32H. The molecule has 0 radical (unpaired) electrons. The van der Waals surface area contributed by atoms with Crippen molar-refractivity contribution in [2.45, 2.75) is 0 Å². The van der Waals surface area contributed by atoms with Crippen LogP contribution >= 0.6 is 0 Å². The van der Waals surface area contributed by atoms with Gasteiger partial charge in [0, 0.05) is 32.9 Å². The molecule has 3 nitrogen and oxygen atoms in total. The summed E-state index contributed by atoms with van der Waals surface area (Å²) in [6.45, 7) is 0. The van der Waals surface area contributed by atoms with Crippen LogP contribution in [0.2, 0.25) is 0 Å². The Kier molecular flexibility index (Phi) is 6.55. The number of benzene rings is 8. The Bertz CT molecular complexity index is 3030. The van der Waals surface area contributed by atoms with Crippen molar-refractivity contribution in [3.05, 3.63) is 194 Å². The van der Waals surface area contributed by atoms with E-state index in [2.05, 4.69) is 191 Å². The predicted octanol–water partition coefficient (Wildman–Crippen LogP) is 13.6. The highest BCUT2D eigenvalue weighted by Crippen LogP contribution is 2.40. The Morgan fingerprint density at radius 1 is 0.302 bits per heavy atom. The van der Waals surface area contributed by atoms with Crippen molar-refractivity contribution in [1.82, 2.24) is 9.13 Å². The largest absolute Gasteiger partial charge is 0.439 e. The minimum absolute atomic E-state index is 0.877. The van der Waals surface area contributed by atoms with Crippen LogP contribution in [0.15, 0.2) is 199 Å². The molecular formula is C50H32N2O.